The van der Waals surface area contributed by atoms with Gasteiger partial charge in [-0.3, -0.25) is 9.89 Å². The molecular weight excluding hydrogens is 312 g/mol. The first kappa shape index (κ1) is 19.7. The third-order valence-corrected chi connectivity index (χ3v) is 4.80. The molecule has 0 bridgehead atoms. The summed E-state index contributed by atoms with van der Waals surface area (Å²) in [5.74, 6) is 0.652. The van der Waals surface area contributed by atoms with Crippen LogP contribution in [0.3, 0.4) is 0 Å². The third kappa shape index (κ3) is 7.04. The molecule has 1 heterocycles. The average Bonchev–Trinajstić information content (AvgIpc) is 2.65. The van der Waals surface area contributed by atoms with Crippen LogP contribution in [0.15, 0.2) is 35.3 Å². The van der Waals surface area contributed by atoms with Gasteiger partial charge in [0.15, 0.2) is 5.96 Å². The van der Waals surface area contributed by atoms with Gasteiger partial charge in [-0.15, -0.1) is 0 Å². The van der Waals surface area contributed by atoms with Gasteiger partial charge in [0.05, 0.1) is 6.10 Å². The first-order valence-electron chi connectivity index (χ1n) is 9.65. The summed E-state index contributed by atoms with van der Waals surface area (Å²) in [6, 6.07) is 10.7. The fourth-order valence-corrected chi connectivity index (χ4v) is 3.23. The van der Waals surface area contributed by atoms with Crippen molar-refractivity contribution < 1.29 is 4.74 Å². The Morgan fingerprint density at radius 2 is 1.88 bits per heavy atom. The normalized spacial score (nSPS) is 17.0. The lowest BCUT2D eigenvalue weighted by molar-refractivity contribution is 0.00565. The molecule has 0 aliphatic carbocycles. The molecule has 25 heavy (non-hydrogen) atoms. The van der Waals surface area contributed by atoms with Gasteiger partial charge in [-0.25, -0.2) is 0 Å². The van der Waals surface area contributed by atoms with E-state index in [1.807, 2.05) is 0 Å². The first-order valence-corrected chi connectivity index (χ1v) is 9.65. The van der Waals surface area contributed by atoms with Gasteiger partial charge in [-0.1, -0.05) is 30.3 Å². The van der Waals surface area contributed by atoms with Gasteiger partial charge in [-0.2, -0.15) is 0 Å². The van der Waals surface area contributed by atoms with Gasteiger partial charge in [0.2, 0.25) is 0 Å². The molecule has 0 radical (unpaired) electrons. The van der Waals surface area contributed by atoms with E-state index in [4.69, 9.17) is 10.5 Å². The summed E-state index contributed by atoms with van der Waals surface area (Å²) >= 11 is 0. The lowest BCUT2D eigenvalue weighted by atomic mass is 10.1. The van der Waals surface area contributed by atoms with Gasteiger partial charge in [0, 0.05) is 45.9 Å². The predicted octanol–water partition coefficient (Wildman–Crippen LogP) is 2.71. The highest BCUT2D eigenvalue weighted by atomic mass is 16.5. The minimum absolute atomic E-state index is 0.399. The lowest BCUT2D eigenvalue weighted by Gasteiger charge is -2.31. The molecule has 1 saturated heterocycles. The van der Waals surface area contributed by atoms with Crippen LogP contribution in [0.25, 0.3) is 0 Å². The van der Waals surface area contributed by atoms with Gasteiger partial charge in [0.25, 0.3) is 0 Å². The molecular formula is C20H34N4O. The minimum atomic E-state index is 0.399. The summed E-state index contributed by atoms with van der Waals surface area (Å²) in [5.41, 5.74) is 7.37. The van der Waals surface area contributed by atoms with Crippen molar-refractivity contribution in [2.45, 2.75) is 45.8 Å². The second kappa shape index (κ2) is 11.1. The molecule has 2 rings (SSSR count). The van der Waals surface area contributed by atoms with Crippen LogP contribution in [-0.2, 0) is 11.3 Å². The molecule has 0 saturated carbocycles. The Balaban J connectivity index is 1.57. The third-order valence-electron chi connectivity index (χ3n) is 4.80. The number of rotatable bonds is 9. The van der Waals surface area contributed by atoms with Crippen molar-refractivity contribution in [3.8, 4) is 0 Å². The van der Waals surface area contributed by atoms with Crippen molar-refractivity contribution >= 4 is 5.96 Å². The highest BCUT2D eigenvalue weighted by Gasteiger charge is 2.19. The van der Waals surface area contributed by atoms with Gasteiger partial charge in [0.1, 0.15) is 0 Å². The molecule has 1 aromatic carbocycles. The zero-order valence-corrected chi connectivity index (χ0v) is 15.9. The van der Waals surface area contributed by atoms with Crippen LogP contribution < -0.4 is 5.73 Å². The number of benzene rings is 1. The van der Waals surface area contributed by atoms with Gasteiger partial charge < -0.3 is 15.4 Å². The van der Waals surface area contributed by atoms with E-state index < -0.39 is 0 Å². The Morgan fingerprint density at radius 3 is 2.52 bits per heavy atom. The summed E-state index contributed by atoms with van der Waals surface area (Å²) in [6.07, 6.45) is 3.58. The topological polar surface area (TPSA) is 54.1 Å². The Labute approximate surface area is 152 Å². The monoisotopic (exact) mass is 346 g/mol. The molecule has 0 unspecified atom stereocenters. The van der Waals surface area contributed by atoms with E-state index in [1.54, 1.807) is 0 Å². The van der Waals surface area contributed by atoms with E-state index in [9.17, 15) is 0 Å². The van der Waals surface area contributed by atoms with E-state index in [2.05, 4.69) is 59.0 Å². The van der Waals surface area contributed by atoms with Crippen LogP contribution in [0.5, 0.6) is 0 Å². The number of ether oxygens (including phenoxy) is 1. The standard InChI is InChI=1S/C20H34N4O/c1-3-24(4-2)20(21)22-13-8-16-25-19-11-14-23(15-12-19)17-18-9-6-5-7-10-18/h5-7,9-10,19H,3-4,8,11-17H2,1-2H3,(H2,21,22). The van der Waals surface area contributed by atoms with E-state index in [0.717, 1.165) is 65.1 Å². The Kier molecular flexibility index (Phi) is 8.77. The summed E-state index contributed by atoms with van der Waals surface area (Å²) in [6.45, 7) is 10.8. The Morgan fingerprint density at radius 1 is 1.20 bits per heavy atom. The molecule has 1 aliphatic rings. The highest BCUT2D eigenvalue weighted by Crippen LogP contribution is 2.16. The molecule has 1 aliphatic heterocycles. The average molecular weight is 347 g/mol. The van der Waals surface area contributed by atoms with E-state index in [-0.39, 0.29) is 0 Å². The zero-order valence-electron chi connectivity index (χ0n) is 15.9. The van der Waals surface area contributed by atoms with Crippen molar-refractivity contribution in [2.75, 3.05) is 39.3 Å². The summed E-state index contributed by atoms with van der Waals surface area (Å²) in [5, 5.41) is 0. The summed E-state index contributed by atoms with van der Waals surface area (Å²) in [4.78, 5) is 9.03. The highest BCUT2D eigenvalue weighted by molar-refractivity contribution is 5.77. The van der Waals surface area contributed by atoms with E-state index in [1.165, 1.54) is 5.56 Å². The number of likely N-dealkylation sites (tertiary alicyclic amines) is 1. The number of guanidine groups is 1. The van der Waals surface area contributed by atoms with Crippen LogP contribution in [0.1, 0.15) is 38.7 Å². The molecule has 140 valence electrons. The van der Waals surface area contributed by atoms with Crippen LogP contribution in [0, 0.1) is 0 Å². The second-order valence-electron chi connectivity index (χ2n) is 6.60. The van der Waals surface area contributed by atoms with Crippen molar-refractivity contribution in [3.63, 3.8) is 0 Å². The maximum atomic E-state index is 6.03. The van der Waals surface area contributed by atoms with E-state index >= 15 is 0 Å². The number of nitrogens with zero attached hydrogens (tertiary/aromatic N) is 3. The molecule has 0 amide bonds. The van der Waals surface area contributed by atoms with Crippen LogP contribution in [0.2, 0.25) is 0 Å². The SMILES string of the molecule is CCN(CC)C(N)=NCCCOC1CCN(Cc2ccccc2)CC1. The number of hydrogen-bond donors (Lipinski definition) is 1. The van der Waals surface area contributed by atoms with Crippen molar-refractivity contribution in [1.82, 2.24) is 9.80 Å². The van der Waals surface area contributed by atoms with Crippen LogP contribution >= 0.6 is 0 Å². The fourth-order valence-electron chi connectivity index (χ4n) is 3.23. The zero-order chi connectivity index (χ0) is 17.9. The number of piperidine rings is 1. The quantitative estimate of drug-likeness (QED) is 0.424. The molecule has 1 fully saturated rings. The first-order chi connectivity index (χ1) is 12.2. The molecule has 0 atom stereocenters. The van der Waals surface area contributed by atoms with Crippen LogP contribution in [0.4, 0.5) is 0 Å². The Bertz CT molecular complexity index is 494. The molecule has 1 aromatic rings. The molecule has 5 nitrogen and oxygen atoms in total. The maximum Gasteiger partial charge on any atom is 0.191 e. The number of hydrogen-bond acceptors (Lipinski definition) is 3. The smallest absolute Gasteiger partial charge is 0.191 e. The molecule has 5 heteroatoms. The molecule has 0 spiro atoms. The Hall–Kier alpha value is -1.59. The van der Waals surface area contributed by atoms with Crippen molar-refractivity contribution in [3.05, 3.63) is 35.9 Å². The fraction of sp³-hybridized carbons (Fsp3) is 0.650. The maximum absolute atomic E-state index is 6.03. The summed E-state index contributed by atoms with van der Waals surface area (Å²) < 4.78 is 6.03. The van der Waals surface area contributed by atoms with Gasteiger partial charge in [-0.05, 0) is 38.7 Å². The van der Waals surface area contributed by atoms with E-state index in [0.29, 0.717) is 12.1 Å². The van der Waals surface area contributed by atoms with Crippen molar-refractivity contribution in [1.29, 1.82) is 0 Å². The number of nitrogens with two attached hydrogens (primary N) is 1. The summed E-state index contributed by atoms with van der Waals surface area (Å²) in [7, 11) is 0. The molecule has 0 aromatic heterocycles. The number of aliphatic imine (C=N–C) groups is 1. The van der Waals surface area contributed by atoms with Crippen LogP contribution in [-0.4, -0.2) is 61.2 Å². The van der Waals surface area contributed by atoms with Gasteiger partial charge >= 0.3 is 0 Å². The predicted molar refractivity (Wildman–Crippen MR) is 105 cm³/mol. The molecule has 2 N–H and O–H groups in total. The minimum Gasteiger partial charge on any atom is -0.378 e. The second-order valence-corrected chi connectivity index (χ2v) is 6.60. The largest absolute Gasteiger partial charge is 0.378 e. The lowest BCUT2D eigenvalue weighted by Crippen LogP contribution is -2.37. The van der Waals surface area contributed by atoms with Crippen molar-refractivity contribution in [2.24, 2.45) is 10.7 Å².